The number of benzene rings is 7. The number of nitrogens with two attached hydrogens (primary N) is 3. The molecule has 0 atom stereocenters. The topological polar surface area (TPSA) is 475 Å². The number of nitrogens with zero attached hydrogens (tertiary/aromatic N) is 8. The van der Waals surface area contributed by atoms with Crippen LogP contribution in [0.5, 0.6) is 5.75 Å². The lowest BCUT2D eigenvalue weighted by Crippen LogP contribution is -2.12. The highest BCUT2D eigenvalue weighted by Gasteiger charge is 2.29. The van der Waals surface area contributed by atoms with E-state index in [4.69, 9.17) is 17.2 Å². The highest BCUT2D eigenvalue weighted by molar-refractivity contribution is 7.94. The van der Waals surface area contributed by atoms with E-state index in [1.165, 1.54) is 60.7 Å². The first-order valence-electron chi connectivity index (χ1n) is 21.0. The van der Waals surface area contributed by atoms with Crippen molar-refractivity contribution in [2.45, 2.75) is 29.4 Å². The molecule has 7 rings (SSSR count). The van der Waals surface area contributed by atoms with Crippen molar-refractivity contribution in [2.75, 3.05) is 21.9 Å². The number of sulfone groups is 2. The summed E-state index contributed by atoms with van der Waals surface area (Å²) in [5, 5.41) is 42.9. The summed E-state index contributed by atoms with van der Waals surface area (Å²) in [7, 11) is -27.5. The predicted molar refractivity (Wildman–Crippen MR) is 283 cm³/mol. The van der Waals surface area contributed by atoms with Crippen LogP contribution in [0.15, 0.2) is 210 Å². The number of anilines is 4. The average molecular weight is 1180 g/mol. The van der Waals surface area contributed by atoms with Crippen LogP contribution in [0.2, 0.25) is 0 Å². The van der Waals surface area contributed by atoms with Gasteiger partial charge in [0.15, 0.2) is 25.4 Å². The van der Waals surface area contributed by atoms with Gasteiger partial charge < -0.3 is 22.3 Å². The second-order valence-corrected chi connectivity index (χ2v) is 25.3. The molecule has 28 nitrogen and oxygen atoms in total. The zero-order valence-electron chi connectivity index (χ0n) is 39.0. The molecule has 0 aliphatic heterocycles. The van der Waals surface area contributed by atoms with E-state index in [0.29, 0.717) is 17.5 Å². The van der Waals surface area contributed by atoms with Crippen LogP contribution in [-0.4, -0.2) is 69.3 Å². The van der Waals surface area contributed by atoms with Gasteiger partial charge in [-0.1, -0.05) is 13.2 Å². The monoisotopic (exact) mass is 1180 g/mol. The number of fused-ring (bicyclic) bond motifs is 1. The Hall–Kier alpha value is -8.74. The van der Waals surface area contributed by atoms with Gasteiger partial charge in [-0.3, -0.25) is 18.4 Å². The molecule has 0 bridgehead atoms. The highest BCUT2D eigenvalue weighted by Crippen LogP contribution is 2.49. The SMILES string of the molecule is C=CS(=O)(=O)c1ccc(N=Nc2c(N)c(N=Nc3ccc(NS(=O)(=O)c4ccc(N=Nc5c(S(=O)(=O)O)cc6cc(S(=O)(=O)O)c(N=Nc7ccc(S(=O)(=O)C=C)cc7)c(N)c6c5O)cc4)cc3)cc(S(=O)(=O)O)c2N)cc1. The maximum atomic E-state index is 13.4. The number of nitrogens with one attached hydrogen (secondary N) is 1. The molecule has 0 aliphatic carbocycles. The molecule has 0 radical (unpaired) electrons. The van der Waals surface area contributed by atoms with Gasteiger partial charge in [0.25, 0.3) is 40.4 Å². The Balaban J connectivity index is 1.12. The fourth-order valence-corrected chi connectivity index (χ4v) is 11.1. The van der Waals surface area contributed by atoms with Crippen LogP contribution in [0, 0.1) is 0 Å². The van der Waals surface area contributed by atoms with E-state index >= 15 is 0 Å². The van der Waals surface area contributed by atoms with Crippen LogP contribution in [0.4, 0.5) is 68.2 Å². The smallest absolute Gasteiger partial charge is 0.296 e. The molecule has 78 heavy (non-hydrogen) atoms. The molecular formula is C44H36N12O16S6. The first-order chi connectivity index (χ1) is 36.3. The van der Waals surface area contributed by atoms with Crippen LogP contribution in [-0.2, 0) is 60.1 Å². The third kappa shape index (κ3) is 12.4. The minimum atomic E-state index is -5.30. The van der Waals surface area contributed by atoms with Gasteiger partial charge in [0, 0.05) is 16.5 Å². The van der Waals surface area contributed by atoms with Crippen LogP contribution < -0.4 is 21.9 Å². The Kier molecular flexibility index (Phi) is 15.6. The Morgan fingerprint density at radius 1 is 0.423 bits per heavy atom. The fraction of sp³-hybridized carbons (Fsp3) is 0. The molecule has 7 aromatic carbocycles. The second kappa shape index (κ2) is 21.4. The van der Waals surface area contributed by atoms with E-state index in [1.807, 2.05) is 0 Å². The van der Waals surface area contributed by atoms with Crippen molar-refractivity contribution in [3.63, 3.8) is 0 Å². The van der Waals surface area contributed by atoms with Crippen molar-refractivity contribution in [2.24, 2.45) is 40.9 Å². The van der Waals surface area contributed by atoms with Crippen LogP contribution in [0.3, 0.4) is 0 Å². The Bertz CT molecular complexity index is 4470. The summed E-state index contributed by atoms with van der Waals surface area (Å²) >= 11 is 0. The van der Waals surface area contributed by atoms with Crippen LogP contribution >= 0.6 is 0 Å². The van der Waals surface area contributed by atoms with E-state index in [0.717, 1.165) is 47.9 Å². The third-order valence-corrected chi connectivity index (χ3v) is 17.3. The summed E-state index contributed by atoms with van der Waals surface area (Å²) in [5.74, 6) is -1.09. The van der Waals surface area contributed by atoms with Gasteiger partial charge >= 0.3 is 0 Å². The van der Waals surface area contributed by atoms with Gasteiger partial charge in [0.05, 0.1) is 59.9 Å². The molecular weight excluding hydrogens is 1140 g/mol. The van der Waals surface area contributed by atoms with Crippen molar-refractivity contribution in [3.8, 4) is 5.75 Å². The zero-order chi connectivity index (χ0) is 57.3. The summed E-state index contributed by atoms with van der Waals surface area (Å²) in [6.45, 7) is 6.48. The summed E-state index contributed by atoms with van der Waals surface area (Å²) < 4.78 is 182. The molecule has 0 fully saturated rings. The second-order valence-electron chi connectivity index (χ2n) is 15.7. The van der Waals surface area contributed by atoms with E-state index < -0.39 is 120 Å². The van der Waals surface area contributed by atoms with Crippen molar-refractivity contribution >= 4 is 139 Å². The van der Waals surface area contributed by atoms with Crippen molar-refractivity contribution < 1.29 is 69.3 Å². The Morgan fingerprint density at radius 3 is 1.22 bits per heavy atom. The molecule has 0 heterocycles. The number of sulfonamides is 1. The van der Waals surface area contributed by atoms with E-state index in [-0.39, 0.29) is 54.5 Å². The number of hydrogen-bond donors (Lipinski definition) is 8. The van der Waals surface area contributed by atoms with Crippen LogP contribution in [0.1, 0.15) is 0 Å². The standard InChI is InChI=1S/C44H36N12O16S6/c1-3-73(58,59)30-15-9-26(10-16-30)49-53-41-35(77(67,68)69)21-24-22-36(78(70,71)72)42(44(57)37(24)40(41)47)54-50-28-13-19-32(20-14-28)75(62,63)56-29-7-5-25(6-8-29)48-52-33-23-34(76(64,65)66)39(46)43(38(33)45)55-51-27-11-17-31(18-12-27)74(60,61)4-2/h3-23,56-57H,1-2,45-47H2,(H,64,65,66)(H,67,68,69)(H,70,71,72). The van der Waals surface area contributed by atoms with Gasteiger partial charge in [-0.2, -0.15) is 45.7 Å². The molecule has 0 amide bonds. The van der Waals surface area contributed by atoms with Gasteiger partial charge in [-0.15, -0.1) is 20.5 Å². The lowest BCUT2D eigenvalue weighted by molar-refractivity contribution is 0.472. The number of aromatic hydroxyl groups is 1. The Morgan fingerprint density at radius 2 is 0.795 bits per heavy atom. The summed E-state index contributed by atoms with van der Waals surface area (Å²) in [4.78, 5) is -3.57. The number of nitrogen functional groups attached to an aromatic ring is 3. The van der Waals surface area contributed by atoms with Gasteiger partial charge in [0.1, 0.15) is 37.4 Å². The minimum absolute atomic E-state index is 0.00358. The molecule has 404 valence electrons. The molecule has 0 saturated heterocycles. The molecule has 0 spiro atoms. The maximum absolute atomic E-state index is 13.4. The number of phenolic OH excluding ortho intramolecular Hbond substituents is 1. The first kappa shape index (κ1) is 57.0. The lowest BCUT2D eigenvalue weighted by atomic mass is 10.1. The quantitative estimate of drug-likeness (QED) is 0.0225. The Labute approximate surface area is 443 Å². The van der Waals surface area contributed by atoms with Crippen LogP contribution in [0.25, 0.3) is 10.8 Å². The molecule has 0 saturated carbocycles. The molecule has 0 aliphatic rings. The van der Waals surface area contributed by atoms with Gasteiger partial charge in [0.2, 0.25) is 0 Å². The third-order valence-electron chi connectivity index (χ3n) is 10.6. The summed E-state index contributed by atoms with van der Waals surface area (Å²) in [6, 6.07) is 21.4. The van der Waals surface area contributed by atoms with Crippen molar-refractivity contribution in [3.05, 3.63) is 139 Å². The van der Waals surface area contributed by atoms with E-state index in [1.54, 1.807) is 0 Å². The van der Waals surface area contributed by atoms with Crippen molar-refractivity contribution in [1.29, 1.82) is 0 Å². The maximum Gasteiger partial charge on any atom is 0.296 e. The zero-order valence-corrected chi connectivity index (χ0v) is 43.9. The molecule has 0 unspecified atom stereocenters. The normalized spacial score (nSPS) is 13.0. The summed E-state index contributed by atoms with van der Waals surface area (Å²) in [6.07, 6.45) is 0. The van der Waals surface area contributed by atoms with E-state index in [9.17, 15) is 69.3 Å². The number of hydrogen-bond acceptors (Lipinski definition) is 24. The molecule has 34 heteroatoms. The molecule has 7 aromatic rings. The van der Waals surface area contributed by atoms with Gasteiger partial charge in [-0.05, 0) is 121 Å². The minimum Gasteiger partial charge on any atom is -0.505 e. The lowest BCUT2D eigenvalue weighted by Gasteiger charge is -2.14. The number of rotatable bonds is 18. The van der Waals surface area contributed by atoms with Gasteiger partial charge in [-0.25, -0.2) is 25.3 Å². The average Bonchev–Trinajstić information content (AvgIpc) is 3.47. The molecule has 0 aromatic heterocycles. The van der Waals surface area contributed by atoms with Crippen molar-refractivity contribution in [1.82, 2.24) is 0 Å². The first-order valence-corrected chi connectivity index (χ1v) is 29.9. The highest BCUT2D eigenvalue weighted by atomic mass is 32.2. The predicted octanol–water partition coefficient (Wildman–Crippen LogP) is 9.33. The molecule has 11 N–H and O–H groups in total. The fourth-order valence-electron chi connectivity index (χ4n) is 6.71. The largest absolute Gasteiger partial charge is 0.505 e. The number of phenols is 1. The van der Waals surface area contributed by atoms with E-state index in [2.05, 4.69) is 58.8 Å². The number of azo groups is 4. The summed E-state index contributed by atoms with van der Waals surface area (Å²) in [5.41, 5.74) is 14.3.